The van der Waals surface area contributed by atoms with Gasteiger partial charge >= 0.3 is 0 Å². The Hall–Kier alpha value is -2.59. The summed E-state index contributed by atoms with van der Waals surface area (Å²) in [5.74, 6) is 0.00497. The Labute approximate surface area is 134 Å². The van der Waals surface area contributed by atoms with E-state index in [4.69, 9.17) is 5.21 Å². The van der Waals surface area contributed by atoms with Gasteiger partial charge in [0.05, 0.1) is 0 Å². The molecule has 1 aliphatic rings. The number of hydrogen-bond acceptors (Lipinski definition) is 2. The van der Waals surface area contributed by atoms with Gasteiger partial charge in [-0.1, -0.05) is 18.2 Å². The zero-order valence-corrected chi connectivity index (χ0v) is 12.7. The lowest BCUT2D eigenvalue weighted by Crippen LogP contribution is -2.20. The summed E-state index contributed by atoms with van der Waals surface area (Å²) in [5, 5.41) is 10.0. The predicted molar refractivity (Wildman–Crippen MR) is 88.8 cm³/mol. The van der Waals surface area contributed by atoms with E-state index in [1.54, 1.807) is 11.5 Å². The van der Waals surface area contributed by atoms with Crippen LogP contribution in [0.5, 0.6) is 0 Å². The molecule has 0 fully saturated rings. The summed E-state index contributed by atoms with van der Waals surface area (Å²) in [6.07, 6.45) is 5.02. The molecular formula is C19H18N2O2. The maximum atomic E-state index is 11.6. The number of rotatable bonds is 2. The van der Waals surface area contributed by atoms with Crippen LogP contribution in [0.3, 0.4) is 0 Å². The Morgan fingerprint density at radius 1 is 1.13 bits per heavy atom. The number of aromatic nitrogens is 1. The van der Waals surface area contributed by atoms with Crippen LogP contribution in [0.4, 0.5) is 0 Å². The lowest BCUT2D eigenvalue weighted by atomic mass is 9.79. The highest BCUT2D eigenvalue weighted by Gasteiger charge is 2.21. The molecule has 2 aromatic carbocycles. The van der Waals surface area contributed by atoms with Gasteiger partial charge in [0.15, 0.2) is 0 Å². The molecule has 3 aromatic rings. The Kier molecular flexibility index (Phi) is 3.39. The van der Waals surface area contributed by atoms with Crippen molar-refractivity contribution in [2.24, 2.45) is 0 Å². The average Bonchev–Trinajstić information content (AvgIpc) is 3.07. The topological polar surface area (TPSA) is 65.1 Å². The van der Waals surface area contributed by atoms with Crippen LogP contribution in [0, 0.1) is 0 Å². The first-order chi connectivity index (χ1) is 11.2. The molecule has 116 valence electrons. The van der Waals surface area contributed by atoms with Crippen molar-refractivity contribution in [1.29, 1.82) is 0 Å². The summed E-state index contributed by atoms with van der Waals surface area (Å²) >= 11 is 0. The van der Waals surface area contributed by atoms with Crippen LogP contribution >= 0.6 is 0 Å². The number of aryl methyl sites for hydroxylation is 1. The van der Waals surface area contributed by atoms with Gasteiger partial charge in [0.25, 0.3) is 5.91 Å². The van der Waals surface area contributed by atoms with Crippen LogP contribution in [0.15, 0.2) is 48.7 Å². The Morgan fingerprint density at radius 2 is 2.04 bits per heavy atom. The molecule has 0 spiro atoms. The summed E-state index contributed by atoms with van der Waals surface area (Å²) in [5.41, 5.74) is 7.22. The van der Waals surface area contributed by atoms with Gasteiger partial charge in [-0.05, 0) is 71.5 Å². The van der Waals surface area contributed by atoms with E-state index in [1.165, 1.54) is 27.6 Å². The van der Waals surface area contributed by atoms with Gasteiger partial charge in [-0.15, -0.1) is 0 Å². The second kappa shape index (κ2) is 5.56. The van der Waals surface area contributed by atoms with Gasteiger partial charge in [-0.25, -0.2) is 5.48 Å². The summed E-state index contributed by atoms with van der Waals surface area (Å²) in [6, 6.07) is 14.4. The number of hydrogen-bond donors (Lipinski definition) is 3. The quantitative estimate of drug-likeness (QED) is 0.500. The lowest BCUT2D eigenvalue weighted by molar-refractivity contribution is 0.0706. The fourth-order valence-electron chi connectivity index (χ4n) is 3.57. The number of amides is 1. The highest BCUT2D eigenvalue weighted by Crippen LogP contribution is 2.34. The van der Waals surface area contributed by atoms with Crippen molar-refractivity contribution in [2.75, 3.05) is 0 Å². The van der Waals surface area contributed by atoms with E-state index in [2.05, 4.69) is 29.2 Å². The van der Waals surface area contributed by atoms with Crippen LogP contribution < -0.4 is 5.48 Å². The zero-order valence-electron chi connectivity index (χ0n) is 12.7. The first kappa shape index (κ1) is 14.0. The van der Waals surface area contributed by atoms with E-state index in [0.717, 1.165) is 19.3 Å². The number of fused-ring (bicyclic) bond motifs is 2. The molecule has 0 bridgehead atoms. The van der Waals surface area contributed by atoms with Gasteiger partial charge in [-0.3, -0.25) is 10.0 Å². The minimum absolute atomic E-state index is 0.456. The molecule has 1 unspecified atom stereocenters. The Balaban J connectivity index is 1.65. The van der Waals surface area contributed by atoms with Gasteiger partial charge < -0.3 is 4.98 Å². The number of H-pyrrole nitrogens is 1. The average molecular weight is 306 g/mol. The molecule has 1 amide bonds. The second-order valence-electron chi connectivity index (χ2n) is 6.19. The largest absolute Gasteiger partial charge is 0.361 e. The van der Waals surface area contributed by atoms with E-state index in [9.17, 15) is 4.79 Å². The van der Waals surface area contributed by atoms with Gasteiger partial charge in [-0.2, -0.15) is 0 Å². The normalized spacial score (nSPS) is 17.0. The van der Waals surface area contributed by atoms with Crippen molar-refractivity contribution in [1.82, 2.24) is 10.5 Å². The third-order valence-corrected chi connectivity index (χ3v) is 4.85. The number of benzene rings is 2. The molecule has 3 N–H and O–H groups in total. The first-order valence-corrected chi connectivity index (χ1v) is 7.88. The maximum Gasteiger partial charge on any atom is 0.274 e. The molecule has 0 radical (unpaired) electrons. The molecule has 0 aliphatic heterocycles. The molecule has 4 heteroatoms. The van der Waals surface area contributed by atoms with E-state index < -0.39 is 5.91 Å². The van der Waals surface area contributed by atoms with Crippen LogP contribution in [-0.4, -0.2) is 16.1 Å². The molecule has 1 aliphatic carbocycles. The van der Waals surface area contributed by atoms with Crippen molar-refractivity contribution in [3.63, 3.8) is 0 Å². The summed E-state index contributed by atoms with van der Waals surface area (Å²) in [6.45, 7) is 0. The SMILES string of the molecule is O=C(NO)c1ccc2c(c1)CC(c1ccc3cc[nH]c3c1)CC2. The van der Waals surface area contributed by atoms with Crippen LogP contribution in [0.25, 0.3) is 10.9 Å². The van der Waals surface area contributed by atoms with Crippen molar-refractivity contribution < 1.29 is 10.0 Å². The van der Waals surface area contributed by atoms with Crippen molar-refractivity contribution in [2.45, 2.75) is 25.2 Å². The summed E-state index contributed by atoms with van der Waals surface area (Å²) < 4.78 is 0. The fourth-order valence-corrected chi connectivity index (χ4v) is 3.57. The maximum absolute atomic E-state index is 11.6. The fraction of sp³-hybridized carbons (Fsp3) is 0.211. The van der Waals surface area contributed by atoms with Crippen LogP contribution in [0.2, 0.25) is 0 Å². The van der Waals surface area contributed by atoms with E-state index >= 15 is 0 Å². The molecule has 4 nitrogen and oxygen atoms in total. The number of nitrogens with one attached hydrogen (secondary N) is 2. The zero-order chi connectivity index (χ0) is 15.8. The Morgan fingerprint density at radius 3 is 2.91 bits per heavy atom. The van der Waals surface area contributed by atoms with Crippen molar-refractivity contribution in [3.8, 4) is 0 Å². The highest BCUT2D eigenvalue weighted by atomic mass is 16.5. The predicted octanol–water partition coefficient (Wildman–Crippen LogP) is 3.56. The van der Waals surface area contributed by atoms with Gasteiger partial charge in [0.1, 0.15) is 0 Å². The molecule has 0 saturated heterocycles. The molecule has 23 heavy (non-hydrogen) atoms. The van der Waals surface area contributed by atoms with Crippen LogP contribution in [0.1, 0.15) is 39.4 Å². The second-order valence-corrected chi connectivity index (χ2v) is 6.19. The standard InChI is InChI=1S/C19H18N2O2/c22-19(21-23)16-6-2-12-1-4-14(9-17(12)10-16)15-5-3-13-7-8-20-18(13)11-15/h2-3,5-8,10-11,14,20,23H,1,4,9H2,(H,21,22). The smallest absolute Gasteiger partial charge is 0.274 e. The molecule has 0 saturated carbocycles. The molecule has 1 heterocycles. The van der Waals surface area contributed by atoms with Crippen molar-refractivity contribution in [3.05, 3.63) is 70.9 Å². The van der Waals surface area contributed by atoms with Crippen LogP contribution in [-0.2, 0) is 12.8 Å². The van der Waals surface area contributed by atoms with Gasteiger partial charge in [0, 0.05) is 17.3 Å². The number of aromatic amines is 1. The molecule has 1 atom stereocenters. The minimum Gasteiger partial charge on any atom is -0.361 e. The van der Waals surface area contributed by atoms with Gasteiger partial charge in [0.2, 0.25) is 0 Å². The van der Waals surface area contributed by atoms with E-state index in [-0.39, 0.29) is 0 Å². The number of hydroxylamine groups is 1. The number of carbonyl (C=O) groups is 1. The molecule has 4 rings (SSSR count). The minimum atomic E-state index is -0.456. The summed E-state index contributed by atoms with van der Waals surface area (Å²) in [7, 11) is 0. The van der Waals surface area contributed by atoms with E-state index in [1.807, 2.05) is 18.3 Å². The first-order valence-electron chi connectivity index (χ1n) is 7.88. The highest BCUT2D eigenvalue weighted by molar-refractivity contribution is 5.93. The monoisotopic (exact) mass is 306 g/mol. The summed E-state index contributed by atoms with van der Waals surface area (Å²) in [4.78, 5) is 14.9. The third kappa shape index (κ3) is 2.51. The number of carbonyl (C=O) groups excluding carboxylic acids is 1. The van der Waals surface area contributed by atoms with Crippen molar-refractivity contribution >= 4 is 16.8 Å². The third-order valence-electron chi connectivity index (χ3n) is 4.85. The Bertz CT molecular complexity index is 882. The lowest BCUT2D eigenvalue weighted by Gasteiger charge is -2.25. The molecular weight excluding hydrogens is 288 g/mol. The molecule has 1 aromatic heterocycles. The van der Waals surface area contributed by atoms with E-state index in [0.29, 0.717) is 11.5 Å².